The van der Waals surface area contributed by atoms with Crippen LogP contribution in [0, 0.1) is 0 Å². The zero-order chi connectivity index (χ0) is 13.4. The lowest BCUT2D eigenvalue weighted by atomic mass is 10.2. The van der Waals surface area contributed by atoms with Crippen molar-refractivity contribution >= 4 is 17.0 Å². The summed E-state index contributed by atoms with van der Waals surface area (Å²) in [6, 6.07) is 5.44. The third-order valence-corrected chi connectivity index (χ3v) is 3.60. The number of carbonyl (C=O) groups is 1. The highest BCUT2D eigenvalue weighted by molar-refractivity contribution is 5.92. The van der Waals surface area contributed by atoms with Crippen molar-refractivity contribution in [1.29, 1.82) is 0 Å². The molecule has 19 heavy (non-hydrogen) atoms. The predicted octanol–water partition coefficient (Wildman–Crippen LogP) is 2.26. The summed E-state index contributed by atoms with van der Waals surface area (Å²) in [4.78, 5) is 15.6. The van der Waals surface area contributed by atoms with E-state index in [1.165, 1.54) is 0 Å². The lowest BCUT2D eigenvalue weighted by molar-refractivity contribution is 0.0697. The quantitative estimate of drug-likeness (QED) is 0.919. The van der Waals surface area contributed by atoms with Crippen LogP contribution in [0.15, 0.2) is 18.2 Å². The molecule has 0 amide bonds. The molecular weight excluding hydrogens is 244 g/mol. The van der Waals surface area contributed by atoms with Gasteiger partial charge < -0.3 is 14.4 Å². The SMILES string of the molecule is CCc1nc2cc(C(=O)O)ccc2n1C1CCOC1. The van der Waals surface area contributed by atoms with Crippen LogP contribution in [-0.2, 0) is 11.2 Å². The predicted molar refractivity (Wildman–Crippen MR) is 70.5 cm³/mol. The summed E-state index contributed by atoms with van der Waals surface area (Å²) in [5, 5.41) is 9.03. The number of ether oxygens (including phenoxy) is 1. The molecule has 2 aromatic rings. The normalized spacial score (nSPS) is 19.1. The minimum Gasteiger partial charge on any atom is -0.478 e. The smallest absolute Gasteiger partial charge is 0.335 e. The number of fused-ring (bicyclic) bond motifs is 1. The molecule has 1 aromatic heterocycles. The highest BCUT2D eigenvalue weighted by Crippen LogP contribution is 2.27. The third-order valence-electron chi connectivity index (χ3n) is 3.60. The second-order valence-electron chi connectivity index (χ2n) is 4.78. The molecular formula is C14H16N2O3. The van der Waals surface area contributed by atoms with E-state index in [0.717, 1.165) is 36.3 Å². The molecule has 3 rings (SSSR count). The summed E-state index contributed by atoms with van der Waals surface area (Å²) in [5.74, 6) is 0.0757. The first-order chi connectivity index (χ1) is 9.20. The molecule has 1 fully saturated rings. The van der Waals surface area contributed by atoms with Gasteiger partial charge in [-0.15, -0.1) is 0 Å². The highest BCUT2D eigenvalue weighted by atomic mass is 16.5. The minimum atomic E-state index is -0.918. The highest BCUT2D eigenvalue weighted by Gasteiger charge is 2.22. The Bertz CT molecular complexity index is 627. The first-order valence-corrected chi connectivity index (χ1v) is 6.52. The van der Waals surface area contributed by atoms with Gasteiger partial charge in [-0.2, -0.15) is 0 Å². The van der Waals surface area contributed by atoms with Crippen LogP contribution >= 0.6 is 0 Å². The van der Waals surface area contributed by atoms with Gasteiger partial charge in [0.1, 0.15) is 5.82 Å². The van der Waals surface area contributed by atoms with Crippen molar-refractivity contribution in [2.45, 2.75) is 25.8 Å². The fraction of sp³-hybridized carbons (Fsp3) is 0.429. The van der Waals surface area contributed by atoms with E-state index in [1.54, 1.807) is 12.1 Å². The Hall–Kier alpha value is -1.88. The van der Waals surface area contributed by atoms with E-state index >= 15 is 0 Å². The van der Waals surface area contributed by atoms with Gasteiger partial charge in [0.05, 0.1) is 29.2 Å². The first kappa shape index (κ1) is 12.2. The molecule has 100 valence electrons. The maximum atomic E-state index is 11.0. The number of carboxylic acid groups (broad SMARTS) is 1. The lowest BCUT2D eigenvalue weighted by Crippen LogP contribution is -2.11. The molecule has 5 nitrogen and oxygen atoms in total. The summed E-state index contributed by atoms with van der Waals surface area (Å²) in [6.45, 7) is 3.55. The molecule has 0 radical (unpaired) electrons. The van der Waals surface area contributed by atoms with Crippen molar-refractivity contribution in [1.82, 2.24) is 9.55 Å². The van der Waals surface area contributed by atoms with E-state index in [-0.39, 0.29) is 5.56 Å². The zero-order valence-electron chi connectivity index (χ0n) is 10.8. The van der Waals surface area contributed by atoms with Crippen molar-refractivity contribution in [3.8, 4) is 0 Å². The molecule has 1 unspecified atom stereocenters. The molecule has 0 spiro atoms. The largest absolute Gasteiger partial charge is 0.478 e. The Morgan fingerprint density at radius 1 is 1.58 bits per heavy atom. The van der Waals surface area contributed by atoms with Crippen LogP contribution in [0.2, 0.25) is 0 Å². The fourth-order valence-electron chi connectivity index (χ4n) is 2.66. The van der Waals surface area contributed by atoms with Crippen LogP contribution in [0.1, 0.15) is 35.6 Å². The van der Waals surface area contributed by atoms with Crippen LogP contribution < -0.4 is 0 Å². The van der Waals surface area contributed by atoms with Crippen molar-refractivity contribution in [2.75, 3.05) is 13.2 Å². The monoisotopic (exact) mass is 260 g/mol. The van der Waals surface area contributed by atoms with Crippen LogP contribution in [0.25, 0.3) is 11.0 Å². The molecule has 1 aromatic carbocycles. The summed E-state index contributed by atoms with van der Waals surface area (Å²) in [5.41, 5.74) is 2.03. The standard InChI is InChI=1S/C14H16N2O3/c1-2-13-15-11-7-9(14(17)18)3-4-12(11)16(13)10-5-6-19-8-10/h3-4,7,10H,2,5-6,8H2,1H3,(H,17,18). The van der Waals surface area contributed by atoms with E-state index in [0.29, 0.717) is 12.6 Å². The van der Waals surface area contributed by atoms with Gasteiger partial charge in [0.15, 0.2) is 0 Å². The summed E-state index contributed by atoms with van der Waals surface area (Å²) < 4.78 is 7.65. The van der Waals surface area contributed by atoms with Gasteiger partial charge in [-0.1, -0.05) is 6.92 Å². The molecule has 0 aliphatic carbocycles. The van der Waals surface area contributed by atoms with Crippen LogP contribution in [-0.4, -0.2) is 33.8 Å². The maximum Gasteiger partial charge on any atom is 0.335 e. The number of imidazole rings is 1. The minimum absolute atomic E-state index is 0.280. The number of hydrogen-bond acceptors (Lipinski definition) is 3. The van der Waals surface area contributed by atoms with E-state index in [9.17, 15) is 4.79 Å². The van der Waals surface area contributed by atoms with Gasteiger partial charge >= 0.3 is 5.97 Å². The number of hydrogen-bond donors (Lipinski definition) is 1. The van der Waals surface area contributed by atoms with Gasteiger partial charge in [0.25, 0.3) is 0 Å². The first-order valence-electron chi connectivity index (χ1n) is 6.52. The molecule has 5 heteroatoms. The summed E-state index contributed by atoms with van der Waals surface area (Å²) in [6.07, 6.45) is 1.81. The number of nitrogens with zero attached hydrogens (tertiary/aromatic N) is 2. The molecule has 1 aliphatic rings. The van der Waals surface area contributed by atoms with Crippen LogP contribution in [0.4, 0.5) is 0 Å². The summed E-state index contributed by atoms with van der Waals surface area (Å²) >= 11 is 0. The molecule has 0 bridgehead atoms. The Morgan fingerprint density at radius 2 is 2.42 bits per heavy atom. The van der Waals surface area contributed by atoms with Crippen LogP contribution in [0.3, 0.4) is 0 Å². The van der Waals surface area contributed by atoms with Crippen molar-refractivity contribution in [3.05, 3.63) is 29.6 Å². The van der Waals surface area contributed by atoms with Crippen molar-refractivity contribution in [2.24, 2.45) is 0 Å². The Balaban J connectivity index is 2.16. The molecule has 0 saturated carbocycles. The third kappa shape index (κ3) is 2.00. The Kier molecular flexibility index (Phi) is 2.98. The number of aryl methyl sites for hydroxylation is 1. The second-order valence-corrected chi connectivity index (χ2v) is 4.78. The number of rotatable bonds is 3. The zero-order valence-corrected chi connectivity index (χ0v) is 10.8. The van der Waals surface area contributed by atoms with E-state index in [4.69, 9.17) is 9.84 Å². The van der Waals surface area contributed by atoms with Crippen LogP contribution in [0.5, 0.6) is 0 Å². The second kappa shape index (κ2) is 4.66. The number of benzene rings is 1. The van der Waals surface area contributed by atoms with Crippen molar-refractivity contribution < 1.29 is 14.6 Å². The van der Waals surface area contributed by atoms with Gasteiger partial charge in [-0.25, -0.2) is 9.78 Å². The Labute approximate surface area is 110 Å². The topological polar surface area (TPSA) is 64.3 Å². The summed E-state index contributed by atoms with van der Waals surface area (Å²) in [7, 11) is 0. The van der Waals surface area contributed by atoms with E-state index in [2.05, 4.69) is 16.5 Å². The average Bonchev–Trinajstić information content (AvgIpc) is 3.03. The molecule has 2 heterocycles. The van der Waals surface area contributed by atoms with Gasteiger partial charge in [-0.3, -0.25) is 0 Å². The lowest BCUT2D eigenvalue weighted by Gasteiger charge is -2.14. The van der Waals surface area contributed by atoms with E-state index < -0.39 is 5.97 Å². The maximum absolute atomic E-state index is 11.0. The Morgan fingerprint density at radius 3 is 3.05 bits per heavy atom. The molecule has 1 saturated heterocycles. The van der Waals surface area contributed by atoms with Gasteiger partial charge in [0, 0.05) is 13.0 Å². The van der Waals surface area contributed by atoms with E-state index in [1.807, 2.05) is 6.07 Å². The molecule has 1 atom stereocenters. The van der Waals surface area contributed by atoms with Gasteiger partial charge in [0.2, 0.25) is 0 Å². The number of carboxylic acids is 1. The number of aromatic carboxylic acids is 1. The fourth-order valence-corrected chi connectivity index (χ4v) is 2.66. The molecule has 1 N–H and O–H groups in total. The molecule has 1 aliphatic heterocycles. The average molecular weight is 260 g/mol. The van der Waals surface area contributed by atoms with Crippen molar-refractivity contribution in [3.63, 3.8) is 0 Å². The number of aromatic nitrogens is 2. The van der Waals surface area contributed by atoms with Gasteiger partial charge in [-0.05, 0) is 24.6 Å².